The number of nitrogens with one attached hydrogen (secondary N) is 1. The number of benzene rings is 1. The number of rotatable bonds is 5. The summed E-state index contributed by atoms with van der Waals surface area (Å²) in [6, 6.07) is 8.15. The molecule has 0 fully saturated rings. The van der Waals surface area contributed by atoms with Crippen LogP contribution >= 0.6 is 0 Å². The van der Waals surface area contributed by atoms with Gasteiger partial charge >= 0.3 is 0 Å². The highest BCUT2D eigenvalue weighted by molar-refractivity contribution is 5.61. The zero-order valence-electron chi connectivity index (χ0n) is 13.4. The number of nitrogen functional groups attached to an aromatic ring is 1. The number of nitrogens with two attached hydrogens (primary N) is 1. The molecule has 0 atom stereocenters. The molecule has 3 aromatic rings. The Morgan fingerprint density at radius 3 is 2.84 bits per heavy atom. The lowest BCUT2D eigenvalue weighted by Crippen LogP contribution is -1.90. The number of nitro groups is 1. The van der Waals surface area contributed by atoms with Crippen molar-refractivity contribution in [3.05, 3.63) is 69.7 Å². The Kier molecular flexibility index (Phi) is 4.46. The molecule has 2 heterocycles. The number of aryl methyl sites for hydroxylation is 1. The second kappa shape index (κ2) is 6.87. The molecule has 9 heteroatoms. The maximum atomic E-state index is 10.8. The van der Waals surface area contributed by atoms with E-state index in [-0.39, 0.29) is 5.69 Å². The average Bonchev–Trinajstić information content (AvgIpc) is 2.94. The molecule has 9 nitrogen and oxygen atoms in total. The van der Waals surface area contributed by atoms with E-state index < -0.39 is 4.92 Å². The van der Waals surface area contributed by atoms with E-state index in [4.69, 9.17) is 5.73 Å². The number of non-ortho nitro benzene ring substituents is 1. The van der Waals surface area contributed by atoms with Gasteiger partial charge in [0.15, 0.2) is 5.69 Å². The summed E-state index contributed by atoms with van der Waals surface area (Å²) in [5.41, 5.74) is 9.13. The van der Waals surface area contributed by atoms with Crippen molar-refractivity contribution in [3.63, 3.8) is 0 Å². The third-order valence-corrected chi connectivity index (χ3v) is 3.58. The van der Waals surface area contributed by atoms with Gasteiger partial charge in [0.05, 0.1) is 16.3 Å². The molecule has 1 aromatic carbocycles. The predicted octanol–water partition coefficient (Wildman–Crippen LogP) is 3.61. The molecule has 0 bridgehead atoms. The topological polar surface area (TPSA) is 135 Å². The number of aromatic amines is 1. The Bertz CT molecular complexity index is 935. The molecule has 3 N–H and O–H groups in total. The van der Waals surface area contributed by atoms with E-state index in [0.717, 1.165) is 5.56 Å². The average molecular weight is 337 g/mol. The SMILES string of the molecule is Cc1cc([N+](=O)[O-])ccc1N=Nc1c(Cc2cccnc2)n[nH]c1N. The van der Waals surface area contributed by atoms with E-state index in [1.165, 1.54) is 12.1 Å². The molecule has 25 heavy (non-hydrogen) atoms. The molecule has 0 saturated heterocycles. The summed E-state index contributed by atoms with van der Waals surface area (Å²) in [6.45, 7) is 1.73. The smallest absolute Gasteiger partial charge is 0.269 e. The highest BCUT2D eigenvalue weighted by Crippen LogP contribution is 2.30. The minimum atomic E-state index is -0.450. The summed E-state index contributed by atoms with van der Waals surface area (Å²) < 4.78 is 0. The summed E-state index contributed by atoms with van der Waals surface area (Å²) in [4.78, 5) is 14.4. The number of aromatic nitrogens is 3. The number of azo groups is 1. The number of nitrogens with zero attached hydrogens (tertiary/aromatic N) is 5. The number of nitro benzene ring substituents is 1. The number of pyridine rings is 1. The molecule has 2 aromatic heterocycles. The van der Waals surface area contributed by atoms with Crippen molar-refractivity contribution in [2.24, 2.45) is 10.2 Å². The highest BCUT2D eigenvalue weighted by atomic mass is 16.6. The van der Waals surface area contributed by atoms with Crippen LogP contribution in [0, 0.1) is 17.0 Å². The van der Waals surface area contributed by atoms with Gasteiger partial charge in [-0.3, -0.25) is 20.2 Å². The van der Waals surface area contributed by atoms with Gasteiger partial charge in [-0.05, 0) is 30.2 Å². The number of H-pyrrole nitrogens is 1. The third kappa shape index (κ3) is 3.66. The number of hydrogen-bond acceptors (Lipinski definition) is 7. The Balaban J connectivity index is 1.87. The predicted molar refractivity (Wildman–Crippen MR) is 92.1 cm³/mol. The first-order valence-corrected chi connectivity index (χ1v) is 7.43. The fraction of sp³-hybridized carbons (Fsp3) is 0.125. The van der Waals surface area contributed by atoms with Crippen molar-refractivity contribution in [1.82, 2.24) is 15.2 Å². The van der Waals surface area contributed by atoms with Crippen molar-refractivity contribution in [1.29, 1.82) is 0 Å². The molecule has 0 saturated carbocycles. The van der Waals surface area contributed by atoms with E-state index in [0.29, 0.717) is 34.9 Å². The first-order chi connectivity index (χ1) is 12.0. The van der Waals surface area contributed by atoms with Crippen LogP contribution in [0.3, 0.4) is 0 Å². The minimum Gasteiger partial charge on any atom is -0.382 e. The summed E-state index contributed by atoms with van der Waals surface area (Å²) in [6.07, 6.45) is 3.95. The zero-order chi connectivity index (χ0) is 17.8. The quantitative estimate of drug-likeness (QED) is 0.416. The van der Waals surface area contributed by atoms with Crippen LogP contribution in [-0.2, 0) is 6.42 Å². The summed E-state index contributed by atoms with van der Waals surface area (Å²) in [5.74, 6) is 0.308. The van der Waals surface area contributed by atoms with Crippen molar-refractivity contribution in [2.75, 3.05) is 5.73 Å². The van der Waals surface area contributed by atoms with Gasteiger partial charge < -0.3 is 5.73 Å². The van der Waals surface area contributed by atoms with E-state index in [1.54, 1.807) is 25.4 Å². The van der Waals surface area contributed by atoms with Crippen LogP contribution in [0.2, 0.25) is 0 Å². The lowest BCUT2D eigenvalue weighted by molar-refractivity contribution is -0.384. The first-order valence-electron chi connectivity index (χ1n) is 7.43. The van der Waals surface area contributed by atoms with Gasteiger partial charge in [0.1, 0.15) is 5.82 Å². The largest absolute Gasteiger partial charge is 0.382 e. The third-order valence-electron chi connectivity index (χ3n) is 3.58. The molecule has 3 rings (SSSR count). The van der Waals surface area contributed by atoms with Crippen LogP contribution in [-0.4, -0.2) is 20.1 Å². The zero-order valence-corrected chi connectivity index (χ0v) is 13.4. The van der Waals surface area contributed by atoms with Gasteiger partial charge in [0, 0.05) is 30.9 Å². The molecule has 0 spiro atoms. The number of hydrogen-bond donors (Lipinski definition) is 2. The maximum Gasteiger partial charge on any atom is 0.269 e. The molecule has 0 aliphatic carbocycles. The Morgan fingerprint density at radius 2 is 2.16 bits per heavy atom. The Morgan fingerprint density at radius 1 is 1.32 bits per heavy atom. The summed E-state index contributed by atoms with van der Waals surface area (Å²) in [5, 5.41) is 26.0. The molecule has 0 radical (unpaired) electrons. The van der Waals surface area contributed by atoms with Gasteiger partial charge in [-0.2, -0.15) is 10.2 Å². The van der Waals surface area contributed by atoms with E-state index >= 15 is 0 Å². The molecule has 0 aliphatic heterocycles. The van der Waals surface area contributed by atoms with Crippen LogP contribution in [0.25, 0.3) is 0 Å². The van der Waals surface area contributed by atoms with Crippen LogP contribution in [0.15, 0.2) is 53.0 Å². The van der Waals surface area contributed by atoms with Crippen molar-refractivity contribution < 1.29 is 4.92 Å². The lowest BCUT2D eigenvalue weighted by atomic mass is 10.1. The van der Waals surface area contributed by atoms with Gasteiger partial charge in [0.25, 0.3) is 5.69 Å². The fourth-order valence-electron chi connectivity index (χ4n) is 2.29. The summed E-state index contributed by atoms with van der Waals surface area (Å²) in [7, 11) is 0. The van der Waals surface area contributed by atoms with Crippen molar-refractivity contribution in [3.8, 4) is 0 Å². The molecular weight excluding hydrogens is 322 g/mol. The van der Waals surface area contributed by atoms with Crippen molar-refractivity contribution >= 4 is 22.9 Å². The van der Waals surface area contributed by atoms with E-state index in [2.05, 4.69) is 25.4 Å². The van der Waals surface area contributed by atoms with Crippen LogP contribution in [0.1, 0.15) is 16.8 Å². The maximum absolute atomic E-state index is 10.8. The normalized spacial score (nSPS) is 11.1. The second-order valence-electron chi connectivity index (χ2n) is 5.40. The van der Waals surface area contributed by atoms with Crippen LogP contribution < -0.4 is 5.73 Å². The summed E-state index contributed by atoms with van der Waals surface area (Å²) >= 11 is 0. The molecule has 0 amide bonds. The molecule has 126 valence electrons. The number of anilines is 1. The molecule has 0 aliphatic rings. The lowest BCUT2D eigenvalue weighted by Gasteiger charge is -2.00. The Hall–Kier alpha value is -3.62. The minimum absolute atomic E-state index is 0.0107. The fourth-order valence-corrected chi connectivity index (χ4v) is 2.29. The van der Waals surface area contributed by atoms with Crippen LogP contribution in [0.5, 0.6) is 0 Å². The van der Waals surface area contributed by atoms with Gasteiger partial charge in [-0.15, -0.1) is 5.11 Å². The molecule has 0 unspecified atom stereocenters. The van der Waals surface area contributed by atoms with E-state index in [9.17, 15) is 10.1 Å². The van der Waals surface area contributed by atoms with Gasteiger partial charge in [-0.1, -0.05) is 6.07 Å². The van der Waals surface area contributed by atoms with Crippen LogP contribution in [0.4, 0.5) is 22.9 Å². The van der Waals surface area contributed by atoms with Gasteiger partial charge in [0.2, 0.25) is 0 Å². The van der Waals surface area contributed by atoms with E-state index in [1.807, 2.05) is 12.1 Å². The Labute approximate surface area is 142 Å². The van der Waals surface area contributed by atoms with Gasteiger partial charge in [-0.25, -0.2) is 0 Å². The monoisotopic (exact) mass is 337 g/mol. The molecular formula is C16H15N7O2. The second-order valence-corrected chi connectivity index (χ2v) is 5.40. The highest BCUT2D eigenvalue weighted by Gasteiger charge is 2.12. The first kappa shape index (κ1) is 16.2. The van der Waals surface area contributed by atoms with Crippen molar-refractivity contribution in [2.45, 2.75) is 13.3 Å². The standard InChI is InChI=1S/C16H15N7O2/c1-10-7-12(23(24)25)4-5-13(10)19-21-15-14(20-22-16(15)17)8-11-3-2-6-18-9-11/h2-7,9H,8H2,1H3,(H3,17,20,22).